The van der Waals surface area contributed by atoms with Gasteiger partial charge in [0.25, 0.3) is 0 Å². The summed E-state index contributed by atoms with van der Waals surface area (Å²) in [4.78, 5) is 11.4. The molecule has 0 aromatic heterocycles. The molecule has 0 saturated heterocycles. The van der Waals surface area contributed by atoms with Crippen molar-refractivity contribution >= 4 is 11.6 Å². The zero-order chi connectivity index (χ0) is 28.2. The van der Waals surface area contributed by atoms with E-state index in [4.69, 9.17) is 9.47 Å². The van der Waals surface area contributed by atoms with Crippen LogP contribution in [-0.2, 0) is 17.8 Å². The molecule has 4 nitrogen and oxygen atoms in total. The lowest BCUT2D eigenvalue weighted by molar-refractivity contribution is -0.167. The lowest BCUT2D eigenvalue weighted by Gasteiger charge is -2.17. The van der Waals surface area contributed by atoms with Crippen LogP contribution in [0.2, 0.25) is 0 Å². The summed E-state index contributed by atoms with van der Waals surface area (Å²) in [5, 5.41) is 1.98. The van der Waals surface area contributed by atoms with Gasteiger partial charge in [-0.3, -0.25) is 4.79 Å². The Balaban J connectivity index is 1.61. The van der Waals surface area contributed by atoms with E-state index in [0.717, 1.165) is 38.9 Å². The molecule has 0 aliphatic carbocycles. The van der Waals surface area contributed by atoms with Gasteiger partial charge in [0.15, 0.2) is 11.5 Å². The van der Waals surface area contributed by atoms with Crippen molar-refractivity contribution in [1.29, 1.82) is 0 Å². The second kappa shape index (κ2) is 11.6. The summed E-state index contributed by atoms with van der Waals surface area (Å²) in [7, 11) is 1.61. The molecule has 1 amide bonds. The number of benzene rings is 4. The lowest BCUT2D eigenvalue weighted by atomic mass is 9.91. The smallest absolute Gasteiger partial charge is 0.471 e. The van der Waals surface area contributed by atoms with Crippen LogP contribution in [0.15, 0.2) is 78.9 Å². The minimum absolute atomic E-state index is 0.163. The number of rotatable bonds is 8. The summed E-state index contributed by atoms with van der Waals surface area (Å²) < 4.78 is 49.8. The van der Waals surface area contributed by atoms with Crippen molar-refractivity contribution in [2.24, 2.45) is 0 Å². The third-order valence-electron chi connectivity index (χ3n) is 6.59. The molecule has 0 aliphatic rings. The average molecular weight is 534 g/mol. The quantitative estimate of drug-likeness (QED) is 0.248. The molecule has 0 spiro atoms. The Morgan fingerprint density at radius 1 is 0.821 bits per heavy atom. The van der Waals surface area contributed by atoms with Crippen LogP contribution in [0.1, 0.15) is 29.2 Å². The highest BCUT2D eigenvalue weighted by Gasteiger charge is 2.38. The number of carbonyl (C=O) groups excluding carboxylic acids is 1. The summed E-state index contributed by atoms with van der Waals surface area (Å²) in [6, 6.07) is 25.0. The van der Waals surface area contributed by atoms with Crippen molar-refractivity contribution in [3.05, 3.63) is 101 Å². The summed E-state index contributed by atoms with van der Waals surface area (Å²) >= 11 is 0. The number of amides is 1. The van der Waals surface area contributed by atoms with Crippen LogP contribution in [0.5, 0.6) is 11.5 Å². The van der Waals surface area contributed by atoms with Gasteiger partial charge in [-0.05, 0) is 89.0 Å². The number of ether oxygens (including phenoxy) is 2. The fraction of sp³-hybridized carbons (Fsp3) is 0.219. The molecule has 0 bridgehead atoms. The van der Waals surface area contributed by atoms with Crippen LogP contribution < -0.4 is 14.8 Å². The van der Waals surface area contributed by atoms with Gasteiger partial charge in [0.2, 0.25) is 0 Å². The van der Waals surface area contributed by atoms with E-state index in [1.54, 1.807) is 13.2 Å². The van der Waals surface area contributed by atoms with Crippen LogP contribution >= 0.6 is 0 Å². The third kappa shape index (κ3) is 6.42. The Morgan fingerprint density at radius 2 is 1.44 bits per heavy atom. The third-order valence-corrected chi connectivity index (χ3v) is 6.59. The van der Waals surface area contributed by atoms with Gasteiger partial charge in [-0.25, -0.2) is 0 Å². The minimum Gasteiger partial charge on any atom is -0.493 e. The highest BCUT2D eigenvalue weighted by Crippen LogP contribution is 2.37. The largest absolute Gasteiger partial charge is 0.493 e. The fourth-order valence-corrected chi connectivity index (χ4v) is 4.50. The molecule has 39 heavy (non-hydrogen) atoms. The monoisotopic (exact) mass is 533 g/mol. The first-order chi connectivity index (χ1) is 18.6. The van der Waals surface area contributed by atoms with Crippen molar-refractivity contribution < 1.29 is 27.4 Å². The van der Waals surface area contributed by atoms with E-state index >= 15 is 0 Å². The topological polar surface area (TPSA) is 47.6 Å². The normalized spacial score (nSPS) is 11.3. The Bertz CT molecular complexity index is 1480. The number of hydrogen-bond acceptors (Lipinski definition) is 3. The molecule has 202 valence electrons. The van der Waals surface area contributed by atoms with Gasteiger partial charge in [-0.2, -0.15) is 13.2 Å². The van der Waals surface area contributed by atoms with Gasteiger partial charge in [-0.15, -0.1) is 0 Å². The molecule has 0 radical (unpaired) electrons. The van der Waals surface area contributed by atoms with Crippen LogP contribution in [0, 0.1) is 13.8 Å². The average Bonchev–Trinajstić information content (AvgIpc) is 2.93. The number of nitrogens with one attached hydrogen (secondary N) is 1. The molecule has 0 heterocycles. The number of anilines is 1. The molecular weight excluding hydrogens is 503 g/mol. The predicted octanol–water partition coefficient (Wildman–Crippen LogP) is 8.29. The Kier molecular flexibility index (Phi) is 8.29. The number of carbonyl (C=O) groups is 1. The maximum Gasteiger partial charge on any atom is 0.471 e. The van der Waals surface area contributed by atoms with Gasteiger partial charge in [-0.1, -0.05) is 61.5 Å². The first-order valence-electron chi connectivity index (χ1n) is 12.6. The molecule has 0 saturated carbocycles. The number of methoxy groups -OCH3 is 1. The number of hydrogen-bond donors (Lipinski definition) is 1. The second-order valence-electron chi connectivity index (χ2n) is 9.30. The summed E-state index contributed by atoms with van der Waals surface area (Å²) in [6.45, 7) is 6.28. The van der Waals surface area contributed by atoms with Crippen LogP contribution in [0.3, 0.4) is 0 Å². The van der Waals surface area contributed by atoms with Crippen molar-refractivity contribution in [1.82, 2.24) is 0 Å². The molecular formula is C32H30F3NO3. The van der Waals surface area contributed by atoms with Crippen molar-refractivity contribution in [3.8, 4) is 33.8 Å². The maximum atomic E-state index is 12.7. The van der Waals surface area contributed by atoms with Crippen molar-refractivity contribution in [2.75, 3.05) is 12.4 Å². The number of aryl methyl sites for hydroxylation is 3. The first-order valence-corrected chi connectivity index (χ1v) is 12.6. The SMILES string of the molecule is CCc1cc(-c2cc(C)c(-c3ccc(OCc4ccccc4)c(OC)c3)cc2C)ccc1NC(=O)C(F)(F)F. The molecule has 4 rings (SSSR count). The highest BCUT2D eigenvalue weighted by molar-refractivity contribution is 5.96. The zero-order valence-corrected chi connectivity index (χ0v) is 22.3. The first kappa shape index (κ1) is 27.8. The standard InChI is InChI=1S/C32H30F3NO3/c1-5-23-17-24(11-13-28(23)36-31(37)32(33,34)35)26-15-21(3)27(16-20(26)2)25-12-14-29(30(18-25)38-4)39-19-22-9-7-6-8-10-22/h6-18H,5,19H2,1-4H3,(H,36,37). The van der Waals surface area contributed by atoms with Crippen LogP contribution in [0.25, 0.3) is 22.3 Å². The summed E-state index contributed by atoms with van der Waals surface area (Å²) in [6.07, 6.45) is -4.47. The number of alkyl halides is 3. The van der Waals surface area contributed by atoms with E-state index in [2.05, 4.69) is 12.1 Å². The van der Waals surface area contributed by atoms with Gasteiger partial charge in [0, 0.05) is 5.69 Å². The van der Waals surface area contributed by atoms with E-state index in [9.17, 15) is 18.0 Å². The molecule has 1 N–H and O–H groups in total. The van der Waals surface area contributed by atoms with E-state index in [1.165, 1.54) is 6.07 Å². The Morgan fingerprint density at radius 3 is 2.03 bits per heavy atom. The minimum atomic E-state index is -4.94. The molecule has 7 heteroatoms. The number of halogens is 3. The molecule has 0 unspecified atom stereocenters. The van der Waals surface area contributed by atoms with E-state index < -0.39 is 12.1 Å². The molecule has 4 aromatic carbocycles. The van der Waals surface area contributed by atoms with Crippen LogP contribution in [-0.4, -0.2) is 19.2 Å². The molecule has 0 aliphatic heterocycles. The summed E-state index contributed by atoms with van der Waals surface area (Å²) in [5.41, 5.74) is 7.74. The fourth-order valence-electron chi connectivity index (χ4n) is 4.50. The van der Waals surface area contributed by atoms with Gasteiger partial charge < -0.3 is 14.8 Å². The van der Waals surface area contributed by atoms with Crippen LogP contribution in [0.4, 0.5) is 18.9 Å². The molecule has 4 aromatic rings. The van der Waals surface area contributed by atoms with E-state index in [-0.39, 0.29) is 5.69 Å². The van der Waals surface area contributed by atoms with Crippen molar-refractivity contribution in [3.63, 3.8) is 0 Å². The molecule has 0 atom stereocenters. The second-order valence-corrected chi connectivity index (χ2v) is 9.30. The predicted molar refractivity (Wildman–Crippen MR) is 148 cm³/mol. The van der Waals surface area contributed by atoms with Gasteiger partial charge in [0.05, 0.1) is 7.11 Å². The van der Waals surface area contributed by atoms with Gasteiger partial charge >= 0.3 is 12.1 Å². The molecule has 0 fully saturated rings. The van der Waals surface area contributed by atoms with Gasteiger partial charge in [0.1, 0.15) is 6.61 Å². The summed E-state index contributed by atoms with van der Waals surface area (Å²) in [5.74, 6) is -0.692. The Labute approximate surface area is 226 Å². The maximum absolute atomic E-state index is 12.7. The van der Waals surface area contributed by atoms with E-state index in [1.807, 2.05) is 80.7 Å². The zero-order valence-electron chi connectivity index (χ0n) is 22.3. The Hall–Kier alpha value is -4.26. The lowest BCUT2D eigenvalue weighted by Crippen LogP contribution is -2.30. The van der Waals surface area contributed by atoms with Crippen molar-refractivity contribution in [2.45, 2.75) is 40.0 Å². The highest BCUT2D eigenvalue weighted by atomic mass is 19.4. The van der Waals surface area contributed by atoms with E-state index in [0.29, 0.717) is 30.1 Å².